The number of esters is 1. The van der Waals surface area contributed by atoms with Crippen LogP contribution in [0.15, 0.2) is 0 Å². The van der Waals surface area contributed by atoms with Gasteiger partial charge < -0.3 is 4.74 Å². The van der Waals surface area contributed by atoms with E-state index in [0.717, 1.165) is 0 Å². The Kier molecular flexibility index (Phi) is 0.261. The number of carbonyl (C=O) groups is 1. The second kappa shape index (κ2) is 1.29. The molecule has 0 aromatic carbocycles. The van der Waals surface area contributed by atoms with Crippen molar-refractivity contribution >= 4 is 5.97 Å². The van der Waals surface area contributed by atoms with Gasteiger partial charge >= 0.3 is 5.97 Å². The van der Waals surface area contributed by atoms with E-state index in [-0.39, 0.29) is 0 Å². The Labute approximate surface area is 41.7 Å². The maximum absolute atomic E-state index is 10.4. The number of rotatable bonds is 0. The first-order valence-corrected chi connectivity index (χ1v) is 1.57. The number of hydrogen-bond donors (Lipinski definition) is 0. The molecule has 1 aliphatic rings. The topological polar surface area (TPSA) is 26.3 Å². The molecular weight excluding hydrogens is 80.0 g/mol. The lowest BCUT2D eigenvalue weighted by molar-refractivity contribution is -0.137. The van der Waals surface area contributed by atoms with E-state index in [2.05, 4.69) is 4.74 Å². The van der Waals surface area contributed by atoms with Gasteiger partial charge in [-0.3, -0.25) is 4.79 Å². The molecule has 0 atom stereocenters. The minimum Gasteiger partial charge on any atom is -0.466 e. The minimum atomic E-state index is -2.45. The SMILES string of the molecule is [2H]C1([2H])CC(=O)OC1([2H])[2H]. The van der Waals surface area contributed by atoms with Crippen molar-refractivity contribution in [1.82, 2.24) is 0 Å². The fraction of sp³-hybridized carbons (Fsp3) is 0.750. The third-order valence-corrected chi connectivity index (χ3v) is 0.470. The summed E-state index contributed by atoms with van der Waals surface area (Å²) in [6.07, 6.45) is -2.68. The van der Waals surface area contributed by atoms with Crippen LogP contribution in [0.4, 0.5) is 0 Å². The lowest BCUT2D eigenvalue weighted by Gasteiger charge is -1.81. The van der Waals surface area contributed by atoms with Crippen LogP contribution in [0.25, 0.3) is 0 Å². The molecule has 0 saturated carbocycles. The van der Waals surface area contributed by atoms with Crippen LogP contribution in [0.1, 0.15) is 18.3 Å². The molecule has 0 N–H and O–H groups in total. The first kappa shape index (κ1) is 1.22. The predicted octanol–water partition coefficient (Wildman–Crippen LogP) is 0.323. The van der Waals surface area contributed by atoms with E-state index in [1.54, 1.807) is 0 Å². The van der Waals surface area contributed by atoms with E-state index in [4.69, 9.17) is 5.48 Å². The molecule has 6 heavy (non-hydrogen) atoms. The number of carbonyl (C=O) groups excluding carboxylic acids is 1. The number of hydrogen-bond acceptors (Lipinski definition) is 2. The zero-order valence-corrected chi connectivity index (χ0v) is 3.02. The van der Waals surface area contributed by atoms with Crippen molar-refractivity contribution in [3.05, 3.63) is 0 Å². The van der Waals surface area contributed by atoms with Gasteiger partial charge in [0.25, 0.3) is 0 Å². The highest BCUT2D eigenvalue weighted by molar-refractivity contribution is 5.70. The first-order valence-electron chi connectivity index (χ1n) is 3.57. The standard InChI is InChI=1S/C4H6O2/c5-4-2-1-3-6-4/h1-3H2/i1D2,3D2. The Morgan fingerprint density at radius 3 is 3.00 bits per heavy atom. The Bertz CT molecular complexity index is 158. The average Bonchev–Trinajstić information content (AvgIpc) is 1.73. The summed E-state index contributed by atoms with van der Waals surface area (Å²) in [4.78, 5) is 10.4. The van der Waals surface area contributed by atoms with Gasteiger partial charge in [-0.05, 0) is 6.37 Å². The lowest BCUT2D eigenvalue weighted by Crippen LogP contribution is -1.88. The highest BCUT2D eigenvalue weighted by Gasteiger charge is 2.08. The van der Waals surface area contributed by atoms with E-state index in [0.29, 0.717) is 0 Å². The second-order valence-electron chi connectivity index (χ2n) is 0.930. The lowest BCUT2D eigenvalue weighted by atomic mass is 10.4. The highest BCUT2D eigenvalue weighted by atomic mass is 16.5. The molecular formula is C4H6O2. The summed E-state index contributed by atoms with van der Waals surface area (Å²) in [5, 5.41) is 0. The molecule has 0 aromatic rings. The largest absolute Gasteiger partial charge is 0.466 e. The zero-order chi connectivity index (χ0) is 7.99. The summed E-state index contributed by atoms with van der Waals surface area (Å²) < 4.78 is 31.7. The predicted molar refractivity (Wildman–Crippen MR) is 20.2 cm³/mol. The summed E-state index contributed by atoms with van der Waals surface area (Å²) in [7, 11) is 0. The fourth-order valence-corrected chi connectivity index (χ4v) is 0.237. The molecule has 0 bridgehead atoms. The molecule has 34 valence electrons. The van der Waals surface area contributed by atoms with Crippen LogP contribution in [-0.4, -0.2) is 12.5 Å². The second-order valence-corrected chi connectivity index (χ2v) is 0.930. The molecule has 1 fully saturated rings. The van der Waals surface area contributed by atoms with Crippen molar-refractivity contribution in [3.63, 3.8) is 0 Å². The van der Waals surface area contributed by atoms with Crippen molar-refractivity contribution < 1.29 is 15.0 Å². The maximum Gasteiger partial charge on any atom is 0.305 e. The quantitative estimate of drug-likeness (QED) is 0.400. The van der Waals surface area contributed by atoms with Crippen LogP contribution >= 0.6 is 0 Å². The average molecular weight is 90.1 g/mol. The molecule has 2 nitrogen and oxygen atoms in total. The van der Waals surface area contributed by atoms with Crippen molar-refractivity contribution in [2.75, 3.05) is 6.56 Å². The Morgan fingerprint density at radius 2 is 2.83 bits per heavy atom. The molecule has 0 radical (unpaired) electrons. The van der Waals surface area contributed by atoms with Gasteiger partial charge in [-0.2, -0.15) is 0 Å². The number of ether oxygens (including phenoxy) is 1. The van der Waals surface area contributed by atoms with Gasteiger partial charge in [-0.15, -0.1) is 0 Å². The minimum absolute atomic E-state index is 0.500. The number of cyclic esters (lactones) is 1. The molecule has 0 aromatic heterocycles. The molecule has 0 aliphatic carbocycles. The molecule has 0 spiro atoms. The van der Waals surface area contributed by atoms with Crippen molar-refractivity contribution in [2.45, 2.75) is 12.8 Å². The van der Waals surface area contributed by atoms with Crippen molar-refractivity contribution in [1.29, 1.82) is 0 Å². The van der Waals surface area contributed by atoms with E-state index >= 15 is 0 Å². The van der Waals surface area contributed by atoms with Crippen LogP contribution in [0.3, 0.4) is 0 Å². The molecule has 0 amide bonds. The summed E-state index contributed by atoms with van der Waals surface area (Å²) in [5.74, 6) is -0.824. The van der Waals surface area contributed by atoms with Crippen molar-refractivity contribution in [2.24, 2.45) is 0 Å². The van der Waals surface area contributed by atoms with Crippen LogP contribution in [0, 0.1) is 0 Å². The van der Waals surface area contributed by atoms with E-state index in [9.17, 15) is 4.79 Å². The first-order chi connectivity index (χ1) is 4.35. The normalized spacial score (nSPS) is 47.7. The Hall–Kier alpha value is -0.530. The molecule has 1 aliphatic heterocycles. The monoisotopic (exact) mass is 90.1 g/mol. The molecule has 1 rings (SSSR count). The zero-order valence-electron chi connectivity index (χ0n) is 7.02. The summed E-state index contributed by atoms with van der Waals surface area (Å²) >= 11 is 0. The van der Waals surface area contributed by atoms with E-state index in [1.807, 2.05) is 0 Å². The van der Waals surface area contributed by atoms with E-state index in [1.165, 1.54) is 0 Å². The van der Waals surface area contributed by atoms with Crippen molar-refractivity contribution in [3.8, 4) is 0 Å². The molecule has 0 unspecified atom stereocenters. The van der Waals surface area contributed by atoms with Gasteiger partial charge in [0, 0.05) is 9.16 Å². The maximum atomic E-state index is 10.4. The van der Waals surface area contributed by atoms with E-state index < -0.39 is 25.3 Å². The van der Waals surface area contributed by atoms with Crippen LogP contribution < -0.4 is 0 Å². The fourth-order valence-electron chi connectivity index (χ4n) is 0.237. The van der Waals surface area contributed by atoms with Gasteiger partial charge in [0.15, 0.2) is 0 Å². The third kappa shape index (κ3) is 0.506. The Balaban J connectivity index is 2.88. The van der Waals surface area contributed by atoms with Gasteiger partial charge in [0.1, 0.15) is 0 Å². The molecule has 1 heterocycles. The van der Waals surface area contributed by atoms with Crippen LogP contribution in [0.5, 0.6) is 0 Å². The van der Waals surface area contributed by atoms with Gasteiger partial charge in [0.2, 0.25) is 0 Å². The Morgan fingerprint density at radius 1 is 2.00 bits per heavy atom. The van der Waals surface area contributed by atoms with Crippen LogP contribution in [0.2, 0.25) is 0 Å². The van der Waals surface area contributed by atoms with Gasteiger partial charge in [-0.1, -0.05) is 0 Å². The summed E-state index contributed by atoms with van der Waals surface area (Å²) in [5.41, 5.74) is 0. The smallest absolute Gasteiger partial charge is 0.305 e. The van der Waals surface area contributed by atoms with Gasteiger partial charge in [-0.25, -0.2) is 0 Å². The third-order valence-electron chi connectivity index (χ3n) is 0.470. The highest BCUT2D eigenvalue weighted by Crippen LogP contribution is 2.01. The van der Waals surface area contributed by atoms with Crippen LogP contribution in [-0.2, 0) is 9.53 Å². The molecule has 1 saturated heterocycles. The van der Waals surface area contributed by atoms with Gasteiger partial charge in [0.05, 0.1) is 9.30 Å². The molecule has 2 heteroatoms. The summed E-state index contributed by atoms with van der Waals surface area (Å²) in [6.45, 7) is -2.45. The summed E-state index contributed by atoms with van der Waals surface area (Å²) in [6, 6.07) is 0.